The highest BCUT2D eigenvalue weighted by Gasteiger charge is 2.17. The Kier molecular flexibility index (Phi) is 11.7. The van der Waals surface area contributed by atoms with Crippen LogP contribution in [0.1, 0.15) is 34.1 Å². The Balaban J connectivity index is 0.000000198. The monoisotopic (exact) mass is 596 g/mol. The fourth-order valence-electron chi connectivity index (χ4n) is 3.88. The summed E-state index contributed by atoms with van der Waals surface area (Å²) in [5, 5.41) is 9.54. The summed E-state index contributed by atoms with van der Waals surface area (Å²) in [7, 11) is 1.63. The van der Waals surface area contributed by atoms with Gasteiger partial charge in [-0.05, 0) is 34.4 Å². The predicted octanol–water partition coefficient (Wildman–Crippen LogP) is 7.77. The fraction of sp³-hybridized carbons (Fsp3) is 0.200. The van der Waals surface area contributed by atoms with Crippen LogP contribution in [0.4, 0.5) is 0 Å². The molecule has 4 aromatic carbocycles. The molecular weight excluding hydrogens is 568 g/mol. The molecule has 4 aromatic rings. The van der Waals surface area contributed by atoms with Crippen LogP contribution in [0, 0.1) is 0 Å². The summed E-state index contributed by atoms with van der Waals surface area (Å²) in [6.07, 6.45) is 0. The smallest absolute Gasteiger partial charge is 0.146 e. The van der Waals surface area contributed by atoms with E-state index in [9.17, 15) is 5.11 Å². The second kappa shape index (κ2) is 15.0. The third kappa shape index (κ3) is 8.13. The lowest BCUT2D eigenvalue weighted by Gasteiger charge is -2.19. The lowest BCUT2D eigenvalue weighted by molar-refractivity contribution is -0.0329. The molecule has 0 saturated carbocycles. The number of methoxy groups -OCH3 is 1. The lowest BCUT2D eigenvalue weighted by Crippen LogP contribution is -2.11. The van der Waals surface area contributed by atoms with Crippen LogP contribution < -0.4 is 0 Å². The molecule has 4 rings (SSSR count). The van der Waals surface area contributed by atoms with Crippen LogP contribution in [0.15, 0.2) is 118 Å². The van der Waals surface area contributed by atoms with E-state index in [-0.39, 0.29) is 18.4 Å². The molecule has 0 aliphatic carbocycles. The number of aliphatic hydroxyl groups is 1. The predicted molar refractivity (Wildman–Crippen MR) is 150 cm³/mol. The summed E-state index contributed by atoms with van der Waals surface area (Å²) < 4.78 is 12.7. The minimum atomic E-state index is 0.0387. The second-order valence-corrected chi connectivity index (χ2v) is 9.64. The second-order valence-electron chi connectivity index (χ2n) is 7.93. The van der Waals surface area contributed by atoms with Crippen LogP contribution >= 0.6 is 31.9 Å². The number of halogens is 2. The Bertz CT molecular complexity index is 1140. The normalized spacial score (nSPS) is 12.3. The van der Waals surface area contributed by atoms with Gasteiger partial charge in [0.2, 0.25) is 0 Å². The summed E-state index contributed by atoms with van der Waals surface area (Å²) in [6, 6.07) is 36.7. The van der Waals surface area contributed by atoms with Crippen molar-refractivity contribution in [2.24, 2.45) is 0 Å². The minimum absolute atomic E-state index is 0.0387. The summed E-state index contributed by atoms with van der Waals surface area (Å²) in [5.74, 6) is 0.240. The van der Waals surface area contributed by atoms with Crippen molar-refractivity contribution in [3.05, 3.63) is 140 Å². The van der Waals surface area contributed by atoms with Gasteiger partial charge >= 0.3 is 0 Å². The Hall–Kier alpha value is -2.28. The minimum Gasteiger partial charge on any atom is -0.395 e. The molecule has 0 aliphatic heterocycles. The number of hydrogen-bond acceptors (Lipinski definition) is 3. The van der Waals surface area contributed by atoms with Crippen molar-refractivity contribution in [3.63, 3.8) is 0 Å². The van der Waals surface area contributed by atoms with Crippen molar-refractivity contribution in [1.29, 1.82) is 0 Å². The molecule has 0 fully saturated rings. The molecule has 0 bridgehead atoms. The first-order chi connectivity index (χ1) is 17.2. The Morgan fingerprint density at radius 2 is 1.06 bits per heavy atom. The third-order valence-corrected chi connectivity index (χ3v) is 7.08. The highest BCUT2D eigenvalue weighted by atomic mass is 79.9. The molecule has 0 heterocycles. The van der Waals surface area contributed by atoms with Crippen LogP contribution in [-0.4, -0.2) is 32.2 Å². The van der Waals surface area contributed by atoms with E-state index in [0.29, 0.717) is 13.4 Å². The van der Waals surface area contributed by atoms with E-state index in [1.165, 1.54) is 11.1 Å². The summed E-state index contributed by atoms with van der Waals surface area (Å²) in [5.41, 5.74) is 4.73. The Labute approximate surface area is 225 Å². The van der Waals surface area contributed by atoms with Gasteiger partial charge in [0.1, 0.15) is 6.79 Å². The third-order valence-electron chi connectivity index (χ3n) is 5.63. The highest BCUT2D eigenvalue weighted by molar-refractivity contribution is 9.10. The van der Waals surface area contributed by atoms with E-state index < -0.39 is 0 Å². The van der Waals surface area contributed by atoms with Crippen LogP contribution in [0.2, 0.25) is 0 Å². The molecule has 0 aliphatic rings. The molecule has 1 N–H and O–H groups in total. The molecule has 182 valence electrons. The average Bonchev–Trinajstić information content (AvgIpc) is 2.90. The van der Waals surface area contributed by atoms with E-state index in [1.54, 1.807) is 7.11 Å². The van der Waals surface area contributed by atoms with E-state index >= 15 is 0 Å². The molecule has 0 spiro atoms. The summed E-state index contributed by atoms with van der Waals surface area (Å²) >= 11 is 7.14. The molecular formula is C30H30Br2O3. The van der Waals surface area contributed by atoms with Gasteiger partial charge in [-0.1, -0.05) is 129 Å². The van der Waals surface area contributed by atoms with Crippen LogP contribution in [0.25, 0.3) is 0 Å². The summed E-state index contributed by atoms with van der Waals surface area (Å²) in [4.78, 5) is 0. The first-order valence-electron chi connectivity index (χ1n) is 11.4. The maximum Gasteiger partial charge on any atom is 0.146 e. The number of rotatable bonds is 9. The van der Waals surface area contributed by atoms with Crippen LogP contribution in [0.3, 0.4) is 0 Å². The maximum absolute atomic E-state index is 9.54. The van der Waals surface area contributed by atoms with Gasteiger partial charge in [-0.25, -0.2) is 0 Å². The molecule has 35 heavy (non-hydrogen) atoms. The van der Waals surface area contributed by atoms with Gasteiger partial charge in [0.15, 0.2) is 0 Å². The van der Waals surface area contributed by atoms with Crippen molar-refractivity contribution in [2.45, 2.75) is 11.8 Å². The largest absolute Gasteiger partial charge is 0.395 e. The van der Waals surface area contributed by atoms with Crippen molar-refractivity contribution in [2.75, 3.05) is 27.1 Å². The molecule has 0 aromatic heterocycles. The maximum atomic E-state index is 9.54. The molecule has 2 unspecified atom stereocenters. The standard InChI is InChI=1S/C16H17BrO2.C14H13BrO/c1-18-12-19-11-15(13-7-3-2-4-8-13)14-9-5-6-10-16(14)17;15-14-9-5-4-8-12(14)13(10-16)11-6-2-1-3-7-11/h2-10,15H,11-12H2,1H3;1-9,13,16H,10H2. The van der Waals surface area contributed by atoms with Crippen LogP contribution in [0.5, 0.6) is 0 Å². The molecule has 0 amide bonds. The number of benzene rings is 4. The fourth-order valence-corrected chi connectivity index (χ4v) is 5.01. The van der Waals surface area contributed by atoms with Crippen molar-refractivity contribution in [1.82, 2.24) is 0 Å². The van der Waals surface area contributed by atoms with Gasteiger partial charge in [-0.2, -0.15) is 0 Å². The first kappa shape index (κ1) is 27.3. The van der Waals surface area contributed by atoms with Gasteiger partial charge in [-0.15, -0.1) is 0 Å². The van der Waals surface area contributed by atoms with Gasteiger partial charge in [0.25, 0.3) is 0 Å². The average molecular weight is 598 g/mol. The molecule has 0 saturated heterocycles. The van der Waals surface area contributed by atoms with E-state index in [1.807, 2.05) is 72.8 Å². The highest BCUT2D eigenvalue weighted by Crippen LogP contribution is 2.31. The topological polar surface area (TPSA) is 38.7 Å². The quantitative estimate of drug-likeness (QED) is 0.158. The Morgan fingerprint density at radius 1 is 0.629 bits per heavy atom. The van der Waals surface area contributed by atoms with Gasteiger partial charge < -0.3 is 14.6 Å². The zero-order valence-corrected chi connectivity index (χ0v) is 22.9. The molecule has 5 heteroatoms. The molecule has 0 radical (unpaired) electrons. The first-order valence-corrected chi connectivity index (χ1v) is 13.0. The summed E-state index contributed by atoms with van der Waals surface area (Å²) in [6.45, 7) is 1.03. The van der Waals surface area contributed by atoms with Gasteiger partial charge in [0.05, 0.1) is 13.2 Å². The van der Waals surface area contributed by atoms with Crippen LogP contribution in [-0.2, 0) is 9.47 Å². The van der Waals surface area contributed by atoms with E-state index in [4.69, 9.17) is 9.47 Å². The van der Waals surface area contributed by atoms with E-state index in [2.05, 4.69) is 68.3 Å². The number of aliphatic hydroxyl groups excluding tert-OH is 1. The number of ether oxygens (including phenoxy) is 2. The lowest BCUT2D eigenvalue weighted by atomic mass is 9.92. The van der Waals surface area contributed by atoms with Gasteiger partial charge in [0, 0.05) is 27.9 Å². The van der Waals surface area contributed by atoms with Crippen molar-refractivity contribution < 1.29 is 14.6 Å². The SMILES string of the molecule is COCOCC(c1ccccc1)c1ccccc1Br.OCC(c1ccccc1)c1ccccc1Br. The van der Waals surface area contributed by atoms with E-state index in [0.717, 1.165) is 20.1 Å². The molecule has 2 atom stereocenters. The van der Waals surface area contributed by atoms with Crippen molar-refractivity contribution >= 4 is 31.9 Å². The zero-order valence-electron chi connectivity index (χ0n) is 19.7. The van der Waals surface area contributed by atoms with Gasteiger partial charge in [-0.3, -0.25) is 0 Å². The Morgan fingerprint density at radius 3 is 1.51 bits per heavy atom. The zero-order chi connectivity index (χ0) is 24.9. The molecule has 3 nitrogen and oxygen atoms in total. The van der Waals surface area contributed by atoms with Crippen molar-refractivity contribution in [3.8, 4) is 0 Å². The number of hydrogen-bond donors (Lipinski definition) is 1.